The standard InChI is InChI=1S/C24H37N5O5/c1-7-24(5,6)14-10-11-29(21(33)18(23(2,3)4)28-22(26)34)16(14)20(32)27-15(12-13-8-9-13)17(30)19(25)31/h1,13-16,18H,8-12H2,2-6H3,(H2,25,31)(H,27,32)(H3,26,28,34)/t14-,15?,16?,18+/m0/s1. The molecule has 1 heterocycles. The lowest BCUT2D eigenvalue weighted by Gasteiger charge is -2.38. The van der Waals surface area contributed by atoms with E-state index in [1.54, 1.807) is 20.8 Å². The molecule has 2 fully saturated rings. The van der Waals surface area contributed by atoms with Gasteiger partial charge in [0.25, 0.3) is 5.91 Å². The fourth-order valence-electron chi connectivity index (χ4n) is 4.53. The van der Waals surface area contributed by atoms with Crippen LogP contribution in [-0.4, -0.2) is 59.1 Å². The average Bonchev–Trinajstić information content (AvgIpc) is 3.42. The molecular formula is C24H37N5O5. The van der Waals surface area contributed by atoms with Gasteiger partial charge in [-0.2, -0.15) is 0 Å². The number of urea groups is 1. The van der Waals surface area contributed by atoms with E-state index in [4.69, 9.17) is 17.9 Å². The van der Waals surface area contributed by atoms with Crippen molar-refractivity contribution in [2.24, 2.45) is 34.1 Å². The van der Waals surface area contributed by atoms with Gasteiger partial charge in [0.2, 0.25) is 17.6 Å². The molecule has 1 aliphatic carbocycles. The third-order valence-corrected chi connectivity index (χ3v) is 6.79. The van der Waals surface area contributed by atoms with Crippen LogP contribution in [0.5, 0.6) is 0 Å². The molecule has 1 saturated heterocycles. The van der Waals surface area contributed by atoms with Crippen LogP contribution < -0.4 is 22.1 Å². The van der Waals surface area contributed by atoms with Gasteiger partial charge in [-0.15, -0.1) is 12.3 Å². The van der Waals surface area contributed by atoms with Gasteiger partial charge in [0.15, 0.2) is 0 Å². The first-order chi connectivity index (χ1) is 15.6. The first kappa shape index (κ1) is 27.2. The summed E-state index contributed by atoms with van der Waals surface area (Å²) in [5.41, 5.74) is 9.08. The van der Waals surface area contributed by atoms with Crippen LogP contribution in [0.4, 0.5) is 4.79 Å². The number of likely N-dealkylation sites (tertiary alicyclic amines) is 1. The second kappa shape index (κ2) is 10.0. The van der Waals surface area contributed by atoms with Gasteiger partial charge in [-0.1, -0.05) is 33.6 Å². The van der Waals surface area contributed by atoms with Crippen LogP contribution in [-0.2, 0) is 19.2 Å². The molecule has 4 atom stereocenters. The number of amides is 5. The number of terminal acetylenes is 1. The zero-order chi connectivity index (χ0) is 26.0. The molecule has 10 nitrogen and oxygen atoms in total. The predicted molar refractivity (Wildman–Crippen MR) is 126 cm³/mol. The lowest BCUT2D eigenvalue weighted by atomic mass is 9.75. The second-order valence-corrected chi connectivity index (χ2v) is 11.0. The first-order valence-corrected chi connectivity index (χ1v) is 11.6. The van der Waals surface area contributed by atoms with Crippen LogP contribution in [0.2, 0.25) is 0 Å². The van der Waals surface area contributed by atoms with Crippen LogP contribution in [0.1, 0.15) is 60.3 Å². The molecule has 0 radical (unpaired) electrons. The van der Waals surface area contributed by atoms with Crippen molar-refractivity contribution in [2.45, 2.75) is 78.4 Å². The van der Waals surface area contributed by atoms with Gasteiger partial charge < -0.3 is 27.0 Å². The molecule has 34 heavy (non-hydrogen) atoms. The van der Waals surface area contributed by atoms with E-state index in [1.165, 1.54) is 4.90 Å². The number of hydrogen-bond donors (Lipinski definition) is 4. The molecule has 2 unspecified atom stereocenters. The molecule has 0 aromatic heterocycles. The number of carbonyl (C=O) groups is 5. The molecule has 1 aliphatic heterocycles. The topological polar surface area (TPSA) is 165 Å². The molecule has 6 N–H and O–H groups in total. The van der Waals surface area contributed by atoms with Crippen molar-refractivity contribution in [3.63, 3.8) is 0 Å². The number of nitrogens with one attached hydrogen (secondary N) is 2. The Morgan fingerprint density at radius 2 is 1.62 bits per heavy atom. The number of ketones is 1. The molecule has 0 bridgehead atoms. The Labute approximate surface area is 200 Å². The summed E-state index contributed by atoms with van der Waals surface area (Å²) in [6, 6.07) is -3.90. The van der Waals surface area contributed by atoms with Gasteiger partial charge in [0.05, 0.1) is 6.04 Å². The van der Waals surface area contributed by atoms with E-state index in [2.05, 4.69) is 16.6 Å². The van der Waals surface area contributed by atoms with E-state index in [9.17, 15) is 24.0 Å². The number of carbonyl (C=O) groups excluding carboxylic acids is 5. The van der Waals surface area contributed by atoms with Gasteiger partial charge in [0, 0.05) is 17.9 Å². The van der Waals surface area contributed by atoms with E-state index in [-0.39, 0.29) is 12.5 Å². The fourth-order valence-corrected chi connectivity index (χ4v) is 4.53. The summed E-state index contributed by atoms with van der Waals surface area (Å²) in [4.78, 5) is 64.2. The van der Waals surface area contributed by atoms with Crippen molar-refractivity contribution in [2.75, 3.05) is 6.54 Å². The molecule has 0 aromatic carbocycles. The predicted octanol–water partition coefficient (Wildman–Crippen LogP) is 0.285. The highest BCUT2D eigenvalue weighted by atomic mass is 16.2. The van der Waals surface area contributed by atoms with E-state index < -0.39 is 64.4 Å². The van der Waals surface area contributed by atoms with E-state index in [0.717, 1.165) is 12.8 Å². The molecular weight excluding hydrogens is 438 g/mol. The van der Waals surface area contributed by atoms with Crippen LogP contribution in [0.25, 0.3) is 0 Å². The SMILES string of the molecule is C#CC(C)(C)[C@H]1CCN(C(=O)[C@@H](NC(N)=O)C(C)(C)C)C1C(=O)NC(CC1CC1)C(=O)C(N)=O. The van der Waals surface area contributed by atoms with Crippen LogP contribution in [0.3, 0.4) is 0 Å². The summed E-state index contributed by atoms with van der Waals surface area (Å²) >= 11 is 0. The quantitative estimate of drug-likeness (QED) is 0.277. The monoisotopic (exact) mass is 475 g/mol. The summed E-state index contributed by atoms with van der Waals surface area (Å²) in [5.74, 6) is -0.513. The smallest absolute Gasteiger partial charge is 0.312 e. The van der Waals surface area contributed by atoms with Crippen LogP contribution in [0, 0.1) is 35.0 Å². The first-order valence-electron chi connectivity index (χ1n) is 11.6. The molecule has 188 valence electrons. The summed E-state index contributed by atoms with van der Waals surface area (Å²) in [5, 5.41) is 5.17. The lowest BCUT2D eigenvalue weighted by molar-refractivity contribution is -0.144. The largest absolute Gasteiger partial charge is 0.363 e. The minimum atomic E-state index is -1.12. The highest BCUT2D eigenvalue weighted by molar-refractivity contribution is 6.37. The van der Waals surface area contributed by atoms with Crippen molar-refractivity contribution in [3.8, 4) is 12.3 Å². The summed E-state index contributed by atoms with van der Waals surface area (Å²) in [6.45, 7) is 9.18. The number of hydrogen-bond acceptors (Lipinski definition) is 5. The maximum absolute atomic E-state index is 13.6. The number of nitrogens with zero attached hydrogens (tertiary/aromatic N) is 1. The lowest BCUT2D eigenvalue weighted by Crippen LogP contribution is -2.61. The van der Waals surface area contributed by atoms with E-state index in [1.807, 2.05) is 13.8 Å². The minimum absolute atomic E-state index is 0.233. The van der Waals surface area contributed by atoms with Gasteiger partial charge in [-0.3, -0.25) is 19.2 Å². The maximum atomic E-state index is 13.6. The maximum Gasteiger partial charge on any atom is 0.312 e. The van der Waals surface area contributed by atoms with Crippen molar-refractivity contribution < 1.29 is 24.0 Å². The van der Waals surface area contributed by atoms with Crippen LogP contribution in [0.15, 0.2) is 0 Å². The Kier molecular flexibility index (Phi) is 8.02. The zero-order valence-electron chi connectivity index (χ0n) is 20.6. The number of primary amides is 2. The molecule has 0 spiro atoms. The molecule has 0 aromatic rings. The zero-order valence-corrected chi connectivity index (χ0v) is 20.6. The molecule has 1 saturated carbocycles. The number of nitrogens with two attached hydrogens (primary N) is 2. The van der Waals surface area contributed by atoms with E-state index >= 15 is 0 Å². The Bertz CT molecular complexity index is 896. The summed E-state index contributed by atoms with van der Waals surface area (Å²) < 4.78 is 0. The number of Topliss-reactive ketones (excluding diaryl/α,β-unsaturated/α-hetero) is 1. The molecule has 10 heteroatoms. The summed E-state index contributed by atoms with van der Waals surface area (Å²) in [7, 11) is 0. The Balaban J connectivity index is 2.41. The average molecular weight is 476 g/mol. The third-order valence-electron chi connectivity index (χ3n) is 6.79. The molecule has 5 amide bonds. The highest BCUT2D eigenvalue weighted by Gasteiger charge is 2.51. The van der Waals surface area contributed by atoms with Crippen LogP contribution >= 0.6 is 0 Å². The van der Waals surface area contributed by atoms with Crippen molar-refractivity contribution in [3.05, 3.63) is 0 Å². The summed E-state index contributed by atoms with van der Waals surface area (Å²) in [6.07, 6.45) is 8.33. The fraction of sp³-hybridized carbons (Fsp3) is 0.708. The Hall–Kier alpha value is -3.09. The third kappa shape index (κ3) is 6.27. The second-order valence-electron chi connectivity index (χ2n) is 11.0. The highest BCUT2D eigenvalue weighted by Crippen LogP contribution is 2.40. The van der Waals surface area contributed by atoms with Gasteiger partial charge >= 0.3 is 6.03 Å². The number of rotatable bonds is 9. The van der Waals surface area contributed by atoms with Gasteiger partial charge in [-0.05, 0) is 38.0 Å². The van der Waals surface area contributed by atoms with E-state index in [0.29, 0.717) is 12.8 Å². The molecule has 2 rings (SSSR count). The Morgan fingerprint density at radius 1 is 1.03 bits per heavy atom. The normalized spacial score (nSPS) is 22.3. The van der Waals surface area contributed by atoms with Crippen molar-refractivity contribution >= 4 is 29.5 Å². The Morgan fingerprint density at radius 3 is 2.06 bits per heavy atom. The minimum Gasteiger partial charge on any atom is -0.363 e. The van der Waals surface area contributed by atoms with Crippen molar-refractivity contribution in [1.82, 2.24) is 15.5 Å². The molecule has 2 aliphatic rings. The van der Waals surface area contributed by atoms with Gasteiger partial charge in [0.1, 0.15) is 12.1 Å². The van der Waals surface area contributed by atoms with Gasteiger partial charge in [-0.25, -0.2) is 4.79 Å². The van der Waals surface area contributed by atoms with Crippen molar-refractivity contribution in [1.29, 1.82) is 0 Å².